The first kappa shape index (κ1) is 13.3. The van der Waals surface area contributed by atoms with Crippen molar-refractivity contribution in [2.45, 2.75) is 0 Å². The maximum atomic E-state index is 8.85. The normalized spacial score (nSPS) is 14.7. The molecule has 0 radical (unpaired) electrons. The number of hydrogen-bond donors (Lipinski definition) is 2. The third-order valence-electron chi connectivity index (χ3n) is 3.48. The molecule has 106 valence electrons. The van der Waals surface area contributed by atoms with Crippen LogP contribution in [0.25, 0.3) is 11.3 Å². The molecule has 3 N–H and O–H groups in total. The summed E-state index contributed by atoms with van der Waals surface area (Å²) in [5, 5.41) is 12.2. The van der Waals surface area contributed by atoms with Crippen molar-refractivity contribution in [2.24, 2.45) is 0 Å². The number of hydrogen-bond acceptors (Lipinski definition) is 6. The van der Waals surface area contributed by atoms with E-state index >= 15 is 0 Å². The third-order valence-corrected chi connectivity index (χ3v) is 3.48. The summed E-state index contributed by atoms with van der Waals surface area (Å²) < 4.78 is 0. The second kappa shape index (κ2) is 5.77. The molecule has 1 aromatic carbocycles. The lowest BCUT2D eigenvalue weighted by atomic mass is 10.1. The zero-order valence-corrected chi connectivity index (χ0v) is 11.6. The van der Waals surface area contributed by atoms with E-state index in [1.807, 2.05) is 18.2 Å². The van der Waals surface area contributed by atoms with Gasteiger partial charge in [-0.3, -0.25) is 0 Å². The van der Waals surface area contributed by atoms with Gasteiger partial charge in [-0.25, -0.2) is 4.98 Å². The van der Waals surface area contributed by atoms with Gasteiger partial charge in [-0.2, -0.15) is 10.2 Å². The maximum absolute atomic E-state index is 8.85. The largest absolute Gasteiger partial charge is 0.368 e. The van der Waals surface area contributed by atoms with E-state index in [4.69, 9.17) is 11.0 Å². The predicted molar refractivity (Wildman–Crippen MR) is 81.7 cm³/mol. The Hall–Kier alpha value is -2.65. The highest BCUT2D eigenvalue weighted by Crippen LogP contribution is 2.23. The summed E-state index contributed by atoms with van der Waals surface area (Å²) in [4.78, 5) is 10.8. The van der Waals surface area contributed by atoms with Crippen molar-refractivity contribution in [3.63, 3.8) is 0 Å². The zero-order valence-electron chi connectivity index (χ0n) is 11.6. The van der Waals surface area contributed by atoms with Gasteiger partial charge in [0.15, 0.2) is 0 Å². The van der Waals surface area contributed by atoms with Crippen molar-refractivity contribution in [1.82, 2.24) is 15.3 Å². The SMILES string of the molecule is N#Cc1ccc(-c2cc(N3CCNCC3)nc(N)n2)cc1. The fourth-order valence-corrected chi connectivity index (χ4v) is 2.37. The number of nitrogen functional groups attached to an aromatic ring is 1. The first-order chi connectivity index (χ1) is 10.3. The first-order valence-electron chi connectivity index (χ1n) is 6.87. The summed E-state index contributed by atoms with van der Waals surface area (Å²) in [5.74, 6) is 1.12. The van der Waals surface area contributed by atoms with E-state index in [1.165, 1.54) is 0 Å². The van der Waals surface area contributed by atoms with Crippen LogP contribution in [0, 0.1) is 11.3 Å². The average molecular weight is 280 g/mol. The topological polar surface area (TPSA) is 90.9 Å². The first-order valence-corrected chi connectivity index (χ1v) is 6.87. The number of piperazine rings is 1. The number of nitrogens with one attached hydrogen (secondary N) is 1. The minimum absolute atomic E-state index is 0.269. The van der Waals surface area contributed by atoms with Gasteiger partial charge >= 0.3 is 0 Å². The number of rotatable bonds is 2. The van der Waals surface area contributed by atoms with Gasteiger partial charge in [0.25, 0.3) is 0 Å². The smallest absolute Gasteiger partial charge is 0.222 e. The molecule has 2 heterocycles. The Bertz CT molecular complexity index is 668. The van der Waals surface area contributed by atoms with Crippen molar-refractivity contribution in [3.8, 4) is 17.3 Å². The van der Waals surface area contributed by atoms with Crippen LogP contribution in [0.4, 0.5) is 11.8 Å². The Morgan fingerprint density at radius 1 is 1.14 bits per heavy atom. The molecule has 1 aliphatic heterocycles. The van der Waals surface area contributed by atoms with Crippen molar-refractivity contribution in [2.75, 3.05) is 36.8 Å². The van der Waals surface area contributed by atoms with Crippen molar-refractivity contribution in [1.29, 1.82) is 5.26 Å². The molecule has 1 saturated heterocycles. The van der Waals surface area contributed by atoms with Gasteiger partial charge in [-0.15, -0.1) is 0 Å². The Morgan fingerprint density at radius 3 is 2.52 bits per heavy atom. The second-order valence-electron chi connectivity index (χ2n) is 4.90. The quantitative estimate of drug-likeness (QED) is 0.853. The fraction of sp³-hybridized carbons (Fsp3) is 0.267. The van der Waals surface area contributed by atoms with Crippen LogP contribution in [0.2, 0.25) is 0 Å². The van der Waals surface area contributed by atoms with Gasteiger partial charge in [-0.05, 0) is 12.1 Å². The van der Waals surface area contributed by atoms with Crippen molar-refractivity contribution >= 4 is 11.8 Å². The highest BCUT2D eigenvalue weighted by atomic mass is 15.2. The molecule has 0 bridgehead atoms. The maximum Gasteiger partial charge on any atom is 0.222 e. The molecule has 2 aromatic rings. The van der Waals surface area contributed by atoms with Gasteiger partial charge in [0.05, 0.1) is 17.3 Å². The molecular formula is C15H16N6. The van der Waals surface area contributed by atoms with E-state index in [0.29, 0.717) is 5.56 Å². The molecular weight excluding hydrogens is 264 g/mol. The summed E-state index contributed by atoms with van der Waals surface area (Å²) in [6, 6.07) is 11.4. The third kappa shape index (κ3) is 2.93. The average Bonchev–Trinajstić information content (AvgIpc) is 2.55. The summed E-state index contributed by atoms with van der Waals surface area (Å²) in [6.45, 7) is 3.69. The number of nitriles is 1. The molecule has 1 fully saturated rings. The van der Waals surface area contributed by atoms with Crippen LogP contribution < -0.4 is 16.0 Å². The van der Waals surface area contributed by atoms with E-state index in [9.17, 15) is 0 Å². The molecule has 1 aliphatic rings. The van der Waals surface area contributed by atoms with E-state index in [2.05, 4.69) is 26.3 Å². The van der Waals surface area contributed by atoms with Crippen molar-refractivity contribution < 1.29 is 0 Å². The highest BCUT2D eigenvalue weighted by molar-refractivity contribution is 5.65. The van der Waals surface area contributed by atoms with Crippen LogP contribution in [0.1, 0.15) is 5.56 Å². The second-order valence-corrected chi connectivity index (χ2v) is 4.90. The van der Waals surface area contributed by atoms with E-state index in [0.717, 1.165) is 43.3 Å². The Kier molecular flexibility index (Phi) is 3.67. The minimum Gasteiger partial charge on any atom is -0.368 e. The monoisotopic (exact) mass is 280 g/mol. The lowest BCUT2D eigenvalue weighted by Crippen LogP contribution is -2.44. The number of nitrogens with two attached hydrogens (primary N) is 1. The van der Waals surface area contributed by atoms with E-state index < -0.39 is 0 Å². The number of nitrogens with zero attached hydrogens (tertiary/aromatic N) is 4. The number of benzene rings is 1. The van der Waals surface area contributed by atoms with Gasteiger partial charge in [-0.1, -0.05) is 12.1 Å². The molecule has 0 saturated carbocycles. The molecule has 0 amide bonds. The van der Waals surface area contributed by atoms with Gasteiger partial charge in [0, 0.05) is 37.8 Å². The zero-order chi connectivity index (χ0) is 14.7. The standard InChI is InChI=1S/C15H16N6/c16-10-11-1-3-12(4-2-11)13-9-14(20-15(17)19-13)21-7-5-18-6-8-21/h1-4,9,18H,5-8H2,(H2,17,19,20). The minimum atomic E-state index is 0.269. The summed E-state index contributed by atoms with van der Waals surface area (Å²) in [5.41, 5.74) is 8.18. The van der Waals surface area contributed by atoms with Crippen LogP contribution in [0.5, 0.6) is 0 Å². The molecule has 0 unspecified atom stereocenters. The molecule has 0 atom stereocenters. The molecule has 6 heteroatoms. The van der Waals surface area contributed by atoms with Crippen LogP contribution >= 0.6 is 0 Å². The van der Waals surface area contributed by atoms with Gasteiger partial charge in [0.1, 0.15) is 5.82 Å². The predicted octanol–water partition coefficient (Wildman–Crippen LogP) is 1.01. The fourth-order valence-electron chi connectivity index (χ4n) is 2.37. The molecule has 0 aliphatic carbocycles. The highest BCUT2D eigenvalue weighted by Gasteiger charge is 2.14. The summed E-state index contributed by atoms with van der Waals surface area (Å²) in [6.07, 6.45) is 0. The van der Waals surface area contributed by atoms with Crippen LogP contribution in [-0.2, 0) is 0 Å². The Labute approximate surface area is 123 Å². The Balaban J connectivity index is 1.94. The van der Waals surface area contributed by atoms with Gasteiger partial charge < -0.3 is 16.0 Å². The van der Waals surface area contributed by atoms with Gasteiger partial charge in [0.2, 0.25) is 5.95 Å². The van der Waals surface area contributed by atoms with E-state index in [1.54, 1.807) is 12.1 Å². The van der Waals surface area contributed by atoms with Crippen LogP contribution in [0.15, 0.2) is 30.3 Å². The lowest BCUT2D eigenvalue weighted by molar-refractivity contribution is 0.585. The molecule has 3 rings (SSSR count). The van der Waals surface area contributed by atoms with E-state index in [-0.39, 0.29) is 5.95 Å². The molecule has 0 spiro atoms. The van der Waals surface area contributed by atoms with Crippen molar-refractivity contribution in [3.05, 3.63) is 35.9 Å². The van der Waals surface area contributed by atoms with Crippen LogP contribution in [-0.4, -0.2) is 36.1 Å². The number of anilines is 2. The summed E-state index contributed by atoms with van der Waals surface area (Å²) >= 11 is 0. The number of aromatic nitrogens is 2. The molecule has 21 heavy (non-hydrogen) atoms. The molecule has 1 aromatic heterocycles. The van der Waals surface area contributed by atoms with Crippen LogP contribution in [0.3, 0.4) is 0 Å². The Morgan fingerprint density at radius 2 is 1.86 bits per heavy atom. The summed E-state index contributed by atoms with van der Waals surface area (Å²) in [7, 11) is 0. The molecule has 6 nitrogen and oxygen atoms in total. The lowest BCUT2D eigenvalue weighted by Gasteiger charge is -2.28.